The Morgan fingerprint density at radius 3 is 1.67 bits per heavy atom. The monoisotopic (exact) mass is 422 g/mol. The summed E-state index contributed by atoms with van der Waals surface area (Å²) in [6, 6.07) is 0. The second kappa shape index (κ2) is 5.72. The third-order valence-electron chi connectivity index (χ3n) is 4.00. The number of hydrogen-bond donors (Lipinski definition) is 1. The Kier molecular flexibility index (Phi) is 4.97. The number of alkyl halides is 10. The lowest BCUT2D eigenvalue weighted by Crippen LogP contribution is -2.88. The fraction of sp³-hybridized carbons (Fsp3) is 0.769. The number of carbonyl (C=O) groups is 1. The van der Waals surface area contributed by atoms with Gasteiger partial charge >= 0.3 is 35.8 Å². The molecule has 3 atom stereocenters. The Morgan fingerprint density at radius 2 is 1.37 bits per heavy atom. The number of halogens is 10. The fourth-order valence-electron chi connectivity index (χ4n) is 2.39. The predicted octanol–water partition coefficient (Wildman–Crippen LogP) is 3.74. The second-order valence-electron chi connectivity index (χ2n) is 6.11. The number of carbonyl (C=O) groups excluding carboxylic acids is 1. The minimum Gasteiger partial charge on any atom is -0.433 e. The van der Waals surface area contributed by atoms with Crippen LogP contribution in [0.4, 0.5) is 43.9 Å². The van der Waals surface area contributed by atoms with Gasteiger partial charge in [0.2, 0.25) is 11.4 Å². The molecule has 1 aliphatic heterocycles. The summed E-state index contributed by atoms with van der Waals surface area (Å²) in [7, 11) is 0. The third-order valence-corrected chi connectivity index (χ3v) is 4.00. The van der Waals surface area contributed by atoms with E-state index in [0.717, 1.165) is 0 Å². The van der Waals surface area contributed by atoms with Crippen molar-refractivity contribution in [3.8, 4) is 0 Å². The summed E-state index contributed by atoms with van der Waals surface area (Å²) in [5.41, 5.74) is -12.9. The average molecular weight is 422 g/mol. The molecule has 14 heteroatoms. The fourth-order valence-corrected chi connectivity index (χ4v) is 2.39. The molecule has 0 aromatic rings. The van der Waals surface area contributed by atoms with E-state index in [4.69, 9.17) is 0 Å². The molecule has 1 N–H and O–H groups in total. The number of aliphatic hydroxyl groups is 1. The summed E-state index contributed by atoms with van der Waals surface area (Å²) < 4.78 is 144. The molecule has 0 amide bonds. The Bertz CT molecular complexity index is 650. The van der Waals surface area contributed by atoms with Gasteiger partial charge in [-0.3, -0.25) is 0 Å². The van der Waals surface area contributed by atoms with Crippen LogP contribution in [-0.2, 0) is 14.3 Å². The van der Waals surface area contributed by atoms with Crippen molar-refractivity contribution in [2.75, 3.05) is 0 Å². The van der Waals surface area contributed by atoms with Gasteiger partial charge in [-0.25, -0.2) is 4.79 Å². The lowest BCUT2D eigenvalue weighted by molar-refractivity contribution is -0.541. The molecule has 1 fully saturated rings. The van der Waals surface area contributed by atoms with E-state index in [1.807, 2.05) is 0 Å². The quantitative estimate of drug-likeness (QED) is 0.419. The van der Waals surface area contributed by atoms with Crippen LogP contribution >= 0.6 is 0 Å². The number of ether oxygens (including phenoxy) is 2. The van der Waals surface area contributed by atoms with Crippen LogP contribution in [0.2, 0.25) is 0 Å². The largest absolute Gasteiger partial charge is 0.441 e. The molecule has 0 saturated carbocycles. The van der Waals surface area contributed by atoms with E-state index >= 15 is 0 Å². The molecule has 1 aliphatic rings. The zero-order valence-corrected chi connectivity index (χ0v) is 13.7. The van der Waals surface area contributed by atoms with E-state index in [1.54, 1.807) is 0 Å². The van der Waals surface area contributed by atoms with Gasteiger partial charge in [-0.15, -0.1) is 0 Å². The van der Waals surface area contributed by atoms with Crippen molar-refractivity contribution in [2.45, 2.75) is 62.0 Å². The summed E-state index contributed by atoms with van der Waals surface area (Å²) in [5.74, 6) is -20.2. The van der Waals surface area contributed by atoms with Gasteiger partial charge in [0.15, 0.2) is 0 Å². The van der Waals surface area contributed by atoms with Crippen LogP contribution in [0.5, 0.6) is 0 Å². The van der Waals surface area contributed by atoms with Gasteiger partial charge in [0.25, 0.3) is 0 Å². The molecule has 0 aromatic heterocycles. The van der Waals surface area contributed by atoms with Crippen molar-refractivity contribution in [3.63, 3.8) is 0 Å². The predicted molar refractivity (Wildman–Crippen MR) is 65.8 cm³/mol. The molecule has 4 nitrogen and oxygen atoms in total. The third kappa shape index (κ3) is 2.70. The maximum Gasteiger partial charge on any atom is 0.441 e. The number of hydrogen-bond acceptors (Lipinski definition) is 4. The first-order valence-corrected chi connectivity index (χ1v) is 6.74. The van der Waals surface area contributed by atoms with E-state index in [2.05, 4.69) is 16.1 Å². The Morgan fingerprint density at radius 1 is 0.963 bits per heavy atom. The van der Waals surface area contributed by atoms with Gasteiger partial charge in [0.1, 0.15) is 0 Å². The smallest absolute Gasteiger partial charge is 0.433 e. The molecule has 0 aliphatic carbocycles. The van der Waals surface area contributed by atoms with Gasteiger partial charge in [-0.2, -0.15) is 43.9 Å². The van der Waals surface area contributed by atoms with Gasteiger partial charge in [0, 0.05) is 5.57 Å². The van der Waals surface area contributed by atoms with E-state index in [1.165, 1.54) is 0 Å². The number of esters is 1. The highest BCUT2D eigenvalue weighted by atomic mass is 19.4. The van der Waals surface area contributed by atoms with Crippen molar-refractivity contribution >= 4 is 5.97 Å². The van der Waals surface area contributed by atoms with Crippen LogP contribution in [0.15, 0.2) is 12.2 Å². The van der Waals surface area contributed by atoms with Crippen LogP contribution in [-0.4, -0.2) is 52.3 Å². The van der Waals surface area contributed by atoms with E-state index in [9.17, 15) is 53.8 Å². The maximum absolute atomic E-state index is 14.6. The van der Waals surface area contributed by atoms with Crippen LogP contribution in [0, 0.1) is 0 Å². The summed E-state index contributed by atoms with van der Waals surface area (Å²) >= 11 is 0. The Labute approximate surface area is 144 Å². The normalized spacial score (nSPS) is 36.2. The molecular formula is C13H12F10O4. The Balaban J connectivity index is 4.08. The van der Waals surface area contributed by atoms with Crippen molar-refractivity contribution in [1.29, 1.82) is 0 Å². The molecule has 158 valence electrons. The van der Waals surface area contributed by atoms with Gasteiger partial charge in [-0.1, -0.05) is 6.58 Å². The molecule has 0 aromatic carbocycles. The lowest BCUT2D eigenvalue weighted by Gasteiger charge is -2.58. The van der Waals surface area contributed by atoms with Crippen molar-refractivity contribution in [3.05, 3.63) is 12.2 Å². The first-order chi connectivity index (χ1) is 11.5. The topological polar surface area (TPSA) is 55.8 Å². The zero-order chi connectivity index (χ0) is 22.1. The zero-order valence-electron chi connectivity index (χ0n) is 13.7. The molecule has 1 rings (SSSR count). The first-order valence-electron chi connectivity index (χ1n) is 6.74. The first kappa shape index (κ1) is 23.5. The molecule has 1 heterocycles. The molecule has 3 unspecified atom stereocenters. The van der Waals surface area contributed by atoms with Crippen LogP contribution in [0.1, 0.15) is 20.8 Å². The summed E-state index contributed by atoms with van der Waals surface area (Å²) in [6.07, 6.45) is -13.4. The maximum atomic E-state index is 14.6. The van der Waals surface area contributed by atoms with Crippen LogP contribution in [0.3, 0.4) is 0 Å². The van der Waals surface area contributed by atoms with Crippen LogP contribution in [0.25, 0.3) is 0 Å². The summed E-state index contributed by atoms with van der Waals surface area (Å²) in [6.45, 7) is 2.19. The summed E-state index contributed by atoms with van der Waals surface area (Å²) in [5, 5.41) is 9.46. The van der Waals surface area contributed by atoms with Crippen molar-refractivity contribution in [2.24, 2.45) is 0 Å². The molecule has 0 bridgehead atoms. The van der Waals surface area contributed by atoms with E-state index in [-0.39, 0.29) is 0 Å². The van der Waals surface area contributed by atoms with E-state index < -0.39 is 66.6 Å². The van der Waals surface area contributed by atoms with Gasteiger partial charge in [0.05, 0.1) is 0 Å². The van der Waals surface area contributed by atoms with Crippen LogP contribution < -0.4 is 0 Å². The number of rotatable bonds is 2. The summed E-state index contributed by atoms with van der Waals surface area (Å²) in [4.78, 5) is 11.4. The van der Waals surface area contributed by atoms with Crippen molar-refractivity contribution in [1.82, 2.24) is 0 Å². The molecule has 27 heavy (non-hydrogen) atoms. The minimum atomic E-state index is -6.99. The molecule has 1 saturated heterocycles. The minimum absolute atomic E-state index is 0.401. The van der Waals surface area contributed by atoms with Gasteiger partial charge in [-0.05, 0) is 20.8 Å². The van der Waals surface area contributed by atoms with Gasteiger partial charge < -0.3 is 14.6 Å². The molecule has 0 radical (unpaired) electrons. The van der Waals surface area contributed by atoms with Crippen molar-refractivity contribution < 1.29 is 63.3 Å². The highest BCUT2D eigenvalue weighted by Gasteiger charge is 2.98. The Hall–Kier alpha value is -1.57. The highest BCUT2D eigenvalue weighted by Crippen LogP contribution is 2.67. The standard InChI is InChI=1S/C13H12F10O4/c1-5(2)6(24)26-9(13(21,22)23)10(14,15)7(3,12(18,19)20)27-8(4,25)11(9,16)17/h25H,1H2,2-4H3. The lowest BCUT2D eigenvalue weighted by atomic mass is 9.71. The second-order valence-corrected chi connectivity index (χ2v) is 6.11. The SMILES string of the molecule is C=C(C)C(=O)OC1(C(F)(F)F)C(F)(F)C(C)(O)OC(C)(C(F)(F)F)C1(F)F. The average Bonchev–Trinajstić information content (AvgIpc) is 2.38. The highest BCUT2D eigenvalue weighted by molar-refractivity contribution is 5.87. The molecular weight excluding hydrogens is 410 g/mol. The molecule has 0 spiro atoms. The van der Waals surface area contributed by atoms with E-state index in [0.29, 0.717) is 6.92 Å².